The smallest absolute Gasteiger partial charge is 0.338 e. The fourth-order valence-electron chi connectivity index (χ4n) is 3.18. The fourth-order valence-corrected chi connectivity index (χ4v) is 5.64. The zero-order valence-electron chi connectivity index (χ0n) is 16.3. The lowest BCUT2D eigenvalue weighted by atomic mass is 10.2. The van der Waals surface area contributed by atoms with Gasteiger partial charge in [-0.1, -0.05) is 6.07 Å². The zero-order valence-corrected chi connectivity index (χ0v) is 18.7. The van der Waals surface area contributed by atoms with Crippen LogP contribution >= 0.6 is 15.9 Å². The molecule has 1 saturated heterocycles. The van der Waals surface area contributed by atoms with E-state index in [2.05, 4.69) is 20.8 Å². The van der Waals surface area contributed by atoms with Crippen molar-refractivity contribution in [2.24, 2.45) is 0 Å². The van der Waals surface area contributed by atoms with Crippen LogP contribution in [0.4, 0.5) is 5.69 Å². The highest BCUT2D eigenvalue weighted by molar-refractivity contribution is 9.10. The Labute approximate surface area is 179 Å². The van der Waals surface area contributed by atoms with E-state index >= 15 is 0 Å². The van der Waals surface area contributed by atoms with Gasteiger partial charge in [0.1, 0.15) is 5.75 Å². The van der Waals surface area contributed by atoms with Crippen LogP contribution in [0.25, 0.3) is 0 Å². The van der Waals surface area contributed by atoms with Gasteiger partial charge in [-0.15, -0.1) is 0 Å². The van der Waals surface area contributed by atoms with Gasteiger partial charge in [-0.3, -0.25) is 0 Å². The standard InChI is InChI=1S/C20H23BrN2O5S/c1-3-28-20(24)15-7-8-19(18(21)13-15)29(25,26)23-11-9-22(10-12-23)16-5-4-6-17(14-16)27-2/h4-8,13-14H,3,9-12H2,1-2H3. The van der Waals surface area contributed by atoms with Crippen molar-refractivity contribution in [1.82, 2.24) is 4.31 Å². The molecule has 2 aromatic carbocycles. The van der Waals surface area contributed by atoms with E-state index in [1.165, 1.54) is 22.5 Å². The summed E-state index contributed by atoms with van der Waals surface area (Å²) in [5.41, 5.74) is 1.31. The summed E-state index contributed by atoms with van der Waals surface area (Å²) in [6.07, 6.45) is 0. The molecule has 9 heteroatoms. The quantitative estimate of drug-likeness (QED) is 0.588. The Morgan fingerprint density at radius 1 is 1.10 bits per heavy atom. The zero-order chi connectivity index (χ0) is 21.0. The van der Waals surface area contributed by atoms with Crippen molar-refractivity contribution in [1.29, 1.82) is 0 Å². The number of rotatable bonds is 6. The minimum absolute atomic E-state index is 0.139. The van der Waals surface area contributed by atoms with Gasteiger partial charge in [0.25, 0.3) is 0 Å². The van der Waals surface area contributed by atoms with Crippen molar-refractivity contribution >= 4 is 37.6 Å². The van der Waals surface area contributed by atoms with Crippen LogP contribution in [0.1, 0.15) is 17.3 Å². The van der Waals surface area contributed by atoms with Gasteiger partial charge < -0.3 is 14.4 Å². The molecular formula is C20H23BrN2O5S. The second-order valence-electron chi connectivity index (χ2n) is 6.46. The third-order valence-corrected chi connectivity index (χ3v) is 7.59. The van der Waals surface area contributed by atoms with Crippen LogP contribution in [0.3, 0.4) is 0 Å². The molecule has 2 aromatic rings. The van der Waals surface area contributed by atoms with Crippen LogP contribution < -0.4 is 9.64 Å². The summed E-state index contributed by atoms with van der Waals surface area (Å²) in [5.74, 6) is 0.284. The molecule has 1 aliphatic rings. The number of sulfonamides is 1. The van der Waals surface area contributed by atoms with E-state index in [-0.39, 0.29) is 11.5 Å². The second kappa shape index (κ2) is 9.15. The Balaban J connectivity index is 1.73. The van der Waals surface area contributed by atoms with Gasteiger partial charge in [-0.25, -0.2) is 13.2 Å². The average molecular weight is 483 g/mol. The molecule has 0 bridgehead atoms. The van der Waals surface area contributed by atoms with Crippen LogP contribution in [0.2, 0.25) is 0 Å². The predicted octanol–water partition coefficient (Wildman–Crippen LogP) is 3.15. The van der Waals surface area contributed by atoms with Gasteiger partial charge in [0.15, 0.2) is 0 Å². The van der Waals surface area contributed by atoms with Gasteiger partial charge in [0.2, 0.25) is 10.0 Å². The van der Waals surface area contributed by atoms with Crippen LogP contribution in [-0.4, -0.2) is 58.6 Å². The maximum Gasteiger partial charge on any atom is 0.338 e. The highest BCUT2D eigenvalue weighted by Gasteiger charge is 2.30. The average Bonchev–Trinajstić information content (AvgIpc) is 2.73. The Bertz CT molecular complexity index is 988. The number of hydrogen-bond acceptors (Lipinski definition) is 6. The van der Waals surface area contributed by atoms with Crippen molar-refractivity contribution in [3.8, 4) is 5.75 Å². The number of halogens is 1. The van der Waals surface area contributed by atoms with Gasteiger partial charge in [-0.05, 0) is 53.2 Å². The maximum atomic E-state index is 13.1. The number of nitrogens with zero attached hydrogens (tertiary/aromatic N) is 2. The summed E-state index contributed by atoms with van der Waals surface area (Å²) in [7, 11) is -2.06. The minimum atomic E-state index is -3.68. The summed E-state index contributed by atoms with van der Waals surface area (Å²) in [6.45, 7) is 3.86. The SMILES string of the molecule is CCOC(=O)c1ccc(S(=O)(=O)N2CCN(c3cccc(OC)c3)CC2)c(Br)c1. The first-order valence-corrected chi connectivity index (χ1v) is 11.5. The minimum Gasteiger partial charge on any atom is -0.497 e. The third-order valence-electron chi connectivity index (χ3n) is 4.72. The Morgan fingerprint density at radius 2 is 1.83 bits per heavy atom. The van der Waals surface area contributed by atoms with Crippen LogP contribution in [-0.2, 0) is 14.8 Å². The number of ether oxygens (including phenoxy) is 2. The van der Waals surface area contributed by atoms with E-state index in [0.717, 1.165) is 11.4 Å². The van der Waals surface area contributed by atoms with Gasteiger partial charge >= 0.3 is 5.97 Å². The first-order valence-electron chi connectivity index (χ1n) is 9.22. The van der Waals surface area contributed by atoms with Crippen molar-refractivity contribution in [3.63, 3.8) is 0 Å². The van der Waals surface area contributed by atoms with Gasteiger partial charge in [-0.2, -0.15) is 4.31 Å². The van der Waals surface area contributed by atoms with Crippen LogP contribution in [0.15, 0.2) is 51.8 Å². The number of esters is 1. The first kappa shape index (κ1) is 21.6. The Kier molecular flexibility index (Phi) is 6.81. The molecule has 1 fully saturated rings. The maximum absolute atomic E-state index is 13.1. The van der Waals surface area contributed by atoms with Crippen molar-refractivity contribution in [2.75, 3.05) is 44.8 Å². The molecule has 0 saturated carbocycles. The molecule has 1 heterocycles. The molecular weight excluding hydrogens is 460 g/mol. The number of piperazine rings is 1. The summed E-state index contributed by atoms with van der Waals surface area (Å²) >= 11 is 3.30. The molecule has 0 N–H and O–H groups in total. The molecule has 0 radical (unpaired) electrons. The molecule has 0 unspecified atom stereocenters. The topological polar surface area (TPSA) is 76.2 Å². The van der Waals surface area contributed by atoms with E-state index in [9.17, 15) is 13.2 Å². The molecule has 0 aliphatic carbocycles. The predicted molar refractivity (Wildman–Crippen MR) is 114 cm³/mol. The number of benzene rings is 2. The highest BCUT2D eigenvalue weighted by atomic mass is 79.9. The number of methoxy groups -OCH3 is 1. The summed E-state index contributed by atoms with van der Waals surface area (Å²) in [6, 6.07) is 12.1. The van der Waals surface area contributed by atoms with Crippen molar-refractivity contribution in [3.05, 3.63) is 52.5 Å². The lowest BCUT2D eigenvalue weighted by molar-refractivity contribution is 0.0526. The summed E-state index contributed by atoms with van der Waals surface area (Å²) in [5, 5.41) is 0. The molecule has 7 nitrogen and oxygen atoms in total. The summed E-state index contributed by atoms with van der Waals surface area (Å²) < 4.78 is 38.2. The Hall–Kier alpha value is -2.10. The second-order valence-corrected chi connectivity index (χ2v) is 9.22. The monoisotopic (exact) mass is 482 g/mol. The van der Waals surface area contributed by atoms with E-state index in [1.54, 1.807) is 14.0 Å². The molecule has 1 aliphatic heterocycles. The number of hydrogen-bond donors (Lipinski definition) is 0. The Morgan fingerprint density at radius 3 is 2.45 bits per heavy atom. The van der Waals surface area contributed by atoms with E-state index < -0.39 is 16.0 Å². The molecule has 29 heavy (non-hydrogen) atoms. The lowest BCUT2D eigenvalue weighted by Crippen LogP contribution is -2.48. The van der Waals surface area contributed by atoms with Crippen molar-refractivity contribution < 1.29 is 22.7 Å². The molecule has 0 aromatic heterocycles. The number of carbonyl (C=O) groups is 1. The molecule has 0 amide bonds. The summed E-state index contributed by atoms with van der Waals surface area (Å²) in [4.78, 5) is 14.1. The van der Waals surface area contributed by atoms with E-state index in [4.69, 9.17) is 9.47 Å². The highest BCUT2D eigenvalue weighted by Crippen LogP contribution is 2.28. The number of carbonyl (C=O) groups excluding carboxylic acids is 1. The van der Waals surface area contributed by atoms with E-state index in [0.29, 0.717) is 36.2 Å². The van der Waals surface area contributed by atoms with Crippen LogP contribution in [0.5, 0.6) is 5.75 Å². The molecule has 0 atom stereocenters. The largest absolute Gasteiger partial charge is 0.497 e. The van der Waals surface area contributed by atoms with Gasteiger partial charge in [0.05, 0.1) is 24.2 Å². The molecule has 3 rings (SSSR count). The van der Waals surface area contributed by atoms with E-state index in [1.807, 2.05) is 24.3 Å². The fraction of sp³-hybridized carbons (Fsp3) is 0.350. The van der Waals surface area contributed by atoms with Crippen molar-refractivity contribution in [2.45, 2.75) is 11.8 Å². The number of anilines is 1. The van der Waals surface area contributed by atoms with Crippen LogP contribution in [0, 0.1) is 0 Å². The normalized spacial score (nSPS) is 15.2. The first-order chi connectivity index (χ1) is 13.9. The molecule has 0 spiro atoms. The molecule has 156 valence electrons. The lowest BCUT2D eigenvalue weighted by Gasteiger charge is -2.35. The third kappa shape index (κ3) is 4.73. The van der Waals surface area contributed by atoms with Gasteiger partial charge in [0, 0.05) is 42.4 Å².